The molecule has 0 radical (unpaired) electrons. The van der Waals surface area contributed by atoms with E-state index in [4.69, 9.17) is 0 Å². The Morgan fingerprint density at radius 2 is 1.53 bits per heavy atom. The molecule has 2 aromatic carbocycles. The molecule has 1 aliphatic carbocycles. The number of hydrogen-bond acceptors (Lipinski definition) is 3. The van der Waals surface area contributed by atoms with E-state index in [0.29, 0.717) is 18.5 Å². The summed E-state index contributed by atoms with van der Waals surface area (Å²) in [5.74, 6) is -6.21. The largest absolute Gasteiger partial charge is 0.508 e. The molecule has 0 fully saturated rings. The summed E-state index contributed by atoms with van der Waals surface area (Å²) in [6.45, 7) is 1.47. The van der Waals surface area contributed by atoms with E-state index in [2.05, 4.69) is 4.90 Å². The third kappa shape index (κ3) is 10.6. The molecular formula is C32H40F7NO2S. The summed E-state index contributed by atoms with van der Waals surface area (Å²) in [6, 6.07) is 9.38. The second kappa shape index (κ2) is 16.1. The van der Waals surface area contributed by atoms with Crippen LogP contribution in [-0.2, 0) is 17.2 Å². The van der Waals surface area contributed by atoms with Gasteiger partial charge in [0.05, 0.1) is 0 Å². The van der Waals surface area contributed by atoms with Crippen LogP contribution >= 0.6 is 0 Å². The molecule has 1 atom stereocenters. The Hall–Kier alpha value is -2.40. The van der Waals surface area contributed by atoms with Crippen LogP contribution in [0.1, 0.15) is 80.9 Å². The lowest BCUT2D eigenvalue weighted by molar-refractivity contribution is -0.284. The Morgan fingerprint density at radius 3 is 2.26 bits per heavy atom. The third-order valence-corrected chi connectivity index (χ3v) is 9.31. The van der Waals surface area contributed by atoms with Crippen molar-refractivity contribution >= 4 is 21.9 Å². The normalized spacial score (nSPS) is 15.1. The number of phenolic OH excluding ortho intramolecular Hbond substituents is 1. The number of phenols is 1. The van der Waals surface area contributed by atoms with E-state index in [9.17, 15) is 40.0 Å². The molecule has 11 heteroatoms. The molecule has 0 spiro atoms. The summed E-state index contributed by atoms with van der Waals surface area (Å²) in [5, 5.41) is 10.0. The van der Waals surface area contributed by atoms with Crippen molar-refractivity contribution in [3.63, 3.8) is 0 Å². The molecule has 1 N–H and O–H groups in total. The number of hydrogen-bond donors (Lipinski definition) is 1. The minimum atomic E-state index is -5.58. The summed E-state index contributed by atoms with van der Waals surface area (Å²) in [5.41, 5.74) is 4.88. The second-order valence-electron chi connectivity index (χ2n) is 11.3. The Kier molecular flexibility index (Phi) is 13.1. The second-order valence-corrected chi connectivity index (χ2v) is 13.0. The summed E-state index contributed by atoms with van der Waals surface area (Å²) in [4.78, 5) is 2.09. The molecule has 3 nitrogen and oxygen atoms in total. The van der Waals surface area contributed by atoms with Gasteiger partial charge in [-0.2, -0.15) is 22.0 Å². The number of aromatic hydroxyl groups is 1. The lowest BCUT2D eigenvalue weighted by Crippen LogP contribution is -2.36. The van der Waals surface area contributed by atoms with Gasteiger partial charge < -0.3 is 10.0 Å². The molecule has 0 saturated carbocycles. The lowest BCUT2D eigenvalue weighted by Gasteiger charge is -2.19. The fraction of sp³-hybridized carbons (Fsp3) is 0.562. The number of rotatable bonds is 16. The fourth-order valence-corrected chi connectivity index (χ4v) is 6.60. The average Bonchev–Trinajstić information content (AvgIpc) is 3.10. The highest BCUT2D eigenvalue weighted by atomic mass is 32.2. The van der Waals surface area contributed by atoms with Crippen molar-refractivity contribution in [2.75, 3.05) is 31.6 Å². The molecule has 0 aromatic heterocycles. The van der Waals surface area contributed by atoms with E-state index < -0.39 is 47.4 Å². The smallest absolute Gasteiger partial charge is 0.453 e. The minimum Gasteiger partial charge on any atom is -0.508 e. The Bertz CT molecular complexity index is 1260. The van der Waals surface area contributed by atoms with Crippen LogP contribution < -0.4 is 0 Å². The van der Waals surface area contributed by atoms with Crippen molar-refractivity contribution in [1.82, 2.24) is 4.90 Å². The molecular weight excluding hydrogens is 595 g/mol. The SMILES string of the molecule is CN(CCCCCCC1=C(c2ccc(F)c(F)c2)CCCc2cc(O)ccc21)CCCS(=O)CCCC(F)(F)C(F)(F)F. The first-order chi connectivity index (χ1) is 20.3. The Labute approximate surface area is 251 Å². The monoisotopic (exact) mass is 635 g/mol. The van der Waals surface area contributed by atoms with Crippen molar-refractivity contribution in [3.8, 4) is 5.75 Å². The average molecular weight is 636 g/mol. The molecule has 1 aliphatic rings. The molecule has 3 rings (SSSR count). The highest BCUT2D eigenvalue weighted by Crippen LogP contribution is 2.40. The zero-order valence-electron chi connectivity index (χ0n) is 24.4. The maximum absolute atomic E-state index is 14.1. The van der Waals surface area contributed by atoms with Gasteiger partial charge in [0.1, 0.15) is 5.75 Å². The van der Waals surface area contributed by atoms with Crippen LogP contribution in [0.15, 0.2) is 36.4 Å². The van der Waals surface area contributed by atoms with Crippen LogP contribution in [0, 0.1) is 11.6 Å². The van der Waals surface area contributed by atoms with E-state index in [0.717, 1.165) is 86.3 Å². The number of aryl methyl sites for hydroxylation is 1. The van der Waals surface area contributed by atoms with Gasteiger partial charge in [0.2, 0.25) is 0 Å². The first kappa shape index (κ1) is 35.1. The Morgan fingerprint density at radius 1 is 0.837 bits per heavy atom. The van der Waals surface area contributed by atoms with Gasteiger partial charge >= 0.3 is 12.1 Å². The van der Waals surface area contributed by atoms with Gasteiger partial charge in [-0.25, -0.2) is 8.78 Å². The molecule has 0 aliphatic heterocycles. The van der Waals surface area contributed by atoms with E-state index in [1.54, 1.807) is 18.2 Å². The maximum atomic E-state index is 14.1. The van der Waals surface area contributed by atoms with Gasteiger partial charge in [-0.15, -0.1) is 0 Å². The van der Waals surface area contributed by atoms with E-state index in [1.165, 1.54) is 6.07 Å². The van der Waals surface area contributed by atoms with Crippen LogP contribution in [0.5, 0.6) is 5.75 Å². The number of benzene rings is 2. The zero-order chi connectivity index (χ0) is 31.6. The van der Waals surface area contributed by atoms with Gasteiger partial charge in [-0.1, -0.05) is 25.0 Å². The number of halogens is 7. The van der Waals surface area contributed by atoms with Crippen LogP contribution in [0.25, 0.3) is 11.1 Å². The topological polar surface area (TPSA) is 40.5 Å². The van der Waals surface area contributed by atoms with Crippen molar-refractivity contribution in [1.29, 1.82) is 0 Å². The Balaban J connectivity index is 1.43. The lowest BCUT2D eigenvalue weighted by atomic mass is 9.89. The summed E-state index contributed by atoms with van der Waals surface area (Å²) in [7, 11) is 0.501. The highest BCUT2D eigenvalue weighted by Gasteiger charge is 2.56. The predicted octanol–water partition coefficient (Wildman–Crippen LogP) is 8.92. The molecule has 0 heterocycles. The molecule has 2 aromatic rings. The maximum Gasteiger partial charge on any atom is 0.453 e. The van der Waals surface area contributed by atoms with Gasteiger partial charge in [0.25, 0.3) is 0 Å². The summed E-state index contributed by atoms with van der Waals surface area (Å²) in [6.07, 6.45) is 0.0870. The number of alkyl halides is 5. The molecule has 0 amide bonds. The molecule has 240 valence electrons. The summed E-state index contributed by atoms with van der Waals surface area (Å²) < 4.78 is 102. The van der Waals surface area contributed by atoms with Crippen molar-refractivity contribution in [3.05, 3.63) is 64.7 Å². The third-order valence-electron chi connectivity index (χ3n) is 7.83. The number of unbranched alkanes of at least 4 members (excludes halogenated alkanes) is 3. The van der Waals surface area contributed by atoms with Crippen molar-refractivity contribution < 1.29 is 40.0 Å². The predicted molar refractivity (Wildman–Crippen MR) is 158 cm³/mol. The fourth-order valence-electron chi connectivity index (χ4n) is 5.48. The number of allylic oxidation sites excluding steroid dienone is 2. The van der Waals surface area contributed by atoms with Crippen LogP contribution in [0.2, 0.25) is 0 Å². The van der Waals surface area contributed by atoms with E-state index in [-0.39, 0.29) is 17.3 Å². The zero-order valence-corrected chi connectivity index (χ0v) is 25.2. The highest BCUT2D eigenvalue weighted by molar-refractivity contribution is 7.84. The minimum absolute atomic E-state index is 0.171. The molecule has 43 heavy (non-hydrogen) atoms. The van der Waals surface area contributed by atoms with Crippen LogP contribution in [0.4, 0.5) is 30.7 Å². The van der Waals surface area contributed by atoms with E-state index in [1.807, 2.05) is 13.1 Å². The van der Waals surface area contributed by atoms with Crippen molar-refractivity contribution in [2.45, 2.75) is 82.7 Å². The van der Waals surface area contributed by atoms with Gasteiger partial charge in [-0.05, 0) is 124 Å². The summed E-state index contributed by atoms with van der Waals surface area (Å²) >= 11 is 0. The van der Waals surface area contributed by atoms with E-state index >= 15 is 0 Å². The quantitative estimate of drug-likeness (QED) is 0.148. The van der Waals surface area contributed by atoms with Gasteiger partial charge in [-0.3, -0.25) is 4.21 Å². The standard InChI is InChI=1S/C32H40F7NO2S/c1-40(18-8-20-43(42)19-7-16-31(35,36)32(37,38)39)17-5-3-2-4-10-28-26(24-12-15-29(33)30(34)22-24)11-6-9-23-21-25(41)13-14-27(23)28/h12-15,21-22,41H,2-11,16-20H2,1H3. The number of fused-ring (bicyclic) bond motifs is 1. The molecule has 1 unspecified atom stereocenters. The van der Waals surface area contributed by atoms with Gasteiger partial charge in [0.15, 0.2) is 11.6 Å². The van der Waals surface area contributed by atoms with Gasteiger partial charge in [0, 0.05) is 28.7 Å². The van der Waals surface area contributed by atoms with Crippen LogP contribution in [-0.4, -0.2) is 58.0 Å². The molecule has 0 bridgehead atoms. The first-order valence-corrected chi connectivity index (χ1v) is 16.2. The van der Waals surface area contributed by atoms with Crippen molar-refractivity contribution in [2.24, 2.45) is 0 Å². The molecule has 0 saturated heterocycles. The van der Waals surface area contributed by atoms with Crippen LogP contribution in [0.3, 0.4) is 0 Å². The first-order valence-electron chi connectivity index (χ1n) is 14.8. The number of nitrogens with zero attached hydrogens (tertiary/aromatic N) is 1.